The van der Waals surface area contributed by atoms with Crippen molar-refractivity contribution < 1.29 is 56.3 Å². The molecule has 6 atom stereocenters. The largest absolute Gasteiger partial charge is 0.490 e. The molecule has 17 nitrogen and oxygen atoms in total. The van der Waals surface area contributed by atoms with E-state index in [4.69, 9.17) is 19.4 Å². The highest BCUT2D eigenvalue weighted by Gasteiger charge is 2.43. The quantitative estimate of drug-likeness (QED) is 0.248. The third-order valence-corrected chi connectivity index (χ3v) is 8.30. The average Bonchev–Trinajstić information content (AvgIpc) is 3.33. The molecule has 1 saturated heterocycles. The van der Waals surface area contributed by atoms with Crippen LogP contribution < -0.4 is 5.32 Å². The van der Waals surface area contributed by atoms with E-state index in [2.05, 4.69) is 28.4 Å². The fraction of sp³-hybridized carbons (Fsp3) is 0.500. The van der Waals surface area contributed by atoms with E-state index in [1.54, 1.807) is 28.2 Å². The highest BCUT2D eigenvalue weighted by Crippen LogP contribution is 2.66. The van der Waals surface area contributed by atoms with Gasteiger partial charge in [-0.1, -0.05) is 0 Å². The van der Waals surface area contributed by atoms with Crippen LogP contribution in [-0.2, 0) is 31.6 Å². The van der Waals surface area contributed by atoms with Crippen molar-refractivity contribution >= 4 is 35.6 Å². The summed E-state index contributed by atoms with van der Waals surface area (Å²) in [5.41, 5.74) is 0.618. The number of aliphatic imine (C=N–C) groups is 1. The summed E-state index contributed by atoms with van der Waals surface area (Å²) in [6.45, 7) is -0.761. The maximum atomic E-state index is 11.8. The molecule has 0 amide bonds. The van der Waals surface area contributed by atoms with Crippen LogP contribution in [0.3, 0.4) is 0 Å². The van der Waals surface area contributed by atoms with Gasteiger partial charge in [-0.25, -0.2) is 23.7 Å². The van der Waals surface area contributed by atoms with Gasteiger partial charge in [0.15, 0.2) is 12.0 Å². The van der Waals surface area contributed by atoms with Gasteiger partial charge in [0.25, 0.3) is 0 Å². The maximum Gasteiger partial charge on any atom is 0.490 e. The molecule has 0 spiro atoms. The predicted molar refractivity (Wildman–Crippen MR) is 102 cm³/mol. The zero-order valence-corrected chi connectivity index (χ0v) is 18.4. The number of rotatable bonds is 8. The predicted octanol–water partition coefficient (Wildman–Crippen LogP) is -0.0768. The lowest BCUT2D eigenvalue weighted by atomic mass is 10.2. The van der Waals surface area contributed by atoms with Crippen LogP contribution in [0, 0.1) is 0 Å². The van der Waals surface area contributed by atoms with Crippen LogP contribution in [0.15, 0.2) is 23.7 Å². The van der Waals surface area contributed by atoms with Crippen LogP contribution in [0.1, 0.15) is 24.5 Å². The number of phosphoric acid groups is 3. The second-order valence-corrected chi connectivity index (χ2v) is 11.2. The molecule has 1 aromatic heterocycles. The van der Waals surface area contributed by atoms with Gasteiger partial charge in [0.2, 0.25) is 0 Å². The van der Waals surface area contributed by atoms with E-state index >= 15 is 0 Å². The Labute approximate surface area is 179 Å². The summed E-state index contributed by atoms with van der Waals surface area (Å²) in [6.07, 6.45) is 3.30. The molecule has 4 heterocycles. The molecule has 1 aromatic rings. The molecule has 3 aliphatic rings. The van der Waals surface area contributed by atoms with Gasteiger partial charge < -0.3 is 39.6 Å². The Kier molecular flexibility index (Phi) is 6.22. The van der Waals surface area contributed by atoms with Gasteiger partial charge >= 0.3 is 23.5 Å². The number of fused-ring (bicyclic) bond motifs is 3. The number of aliphatic hydroxyl groups excluding tert-OH is 1. The zero-order valence-electron chi connectivity index (χ0n) is 15.8. The van der Waals surface area contributed by atoms with Gasteiger partial charge in [-0.15, -0.1) is 0 Å². The van der Waals surface area contributed by atoms with Crippen LogP contribution >= 0.6 is 23.5 Å². The first-order chi connectivity index (χ1) is 14.8. The fourth-order valence-corrected chi connectivity index (χ4v) is 6.28. The fourth-order valence-electron chi connectivity index (χ4n) is 3.25. The normalized spacial score (nSPS) is 30.5. The molecular formula is C12H18N5O12P3. The molecular weight excluding hydrogens is 499 g/mol. The van der Waals surface area contributed by atoms with Gasteiger partial charge in [-0.2, -0.15) is 8.62 Å². The lowest BCUT2D eigenvalue weighted by Gasteiger charge is -2.24. The Morgan fingerprint density at radius 1 is 1.19 bits per heavy atom. The molecule has 0 saturated carbocycles. The van der Waals surface area contributed by atoms with E-state index in [1.807, 2.05) is 0 Å². The van der Waals surface area contributed by atoms with E-state index < -0.39 is 48.5 Å². The van der Waals surface area contributed by atoms with Crippen molar-refractivity contribution in [1.82, 2.24) is 19.8 Å². The van der Waals surface area contributed by atoms with Crippen LogP contribution in [0.25, 0.3) is 0 Å². The van der Waals surface area contributed by atoms with E-state index in [1.165, 1.54) is 6.33 Å². The van der Waals surface area contributed by atoms with Gasteiger partial charge in [-0.3, -0.25) is 9.09 Å². The van der Waals surface area contributed by atoms with Crippen molar-refractivity contribution in [2.75, 3.05) is 6.61 Å². The molecule has 32 heavy (non-hydrogen) atoms. The number of nitrogens with zero attached hydrogens (tertiary/aromatic N) is 4. The number of hydrogen-bond acceptors (Lipinski definition) is 12. The van der Waals surface area contributed by atoms with E-state index in [-0.39, 0.29) is 12.6 Å². The van der Waals surface area contributed by atoms with Crippen molar-refractivity contribution in [3.8, 4) is 0 Å². The Balaban J connectivity index is 1.38. The van der Waals surface area contributed by atoms with Crippen molar-refractivity contribution in [2.24, 2.45) is 4.99 Å². The average molecular weight is 517 g/mol. The molecule has 3 unspecified atom stereocenters. The summed E-state index contributed by atoms with van der Waals surface area (Å²) in [7, 11) is -16.5. The minimum absolute atomic E-state index is 0.0444. The van der Waals surface area contributed by atoms with Gasteiger partial charge in [-0.05, 0) is 0 Å². The Hall–Kier alpha value is -1.45. The number of aliphatic hydroxyl groups is 1. The molecule has 4 rings (SSSR count). The number of aromatic nitrogens is 2. The number of phosphoric ester groups is 1. The topological polar surface area (TPSA) is 235 Å². The molecule has 0 aliphatic carbocycles. The summed E-state index contributed by atoms with van der Waals surface area (Å²) in [5.74, 6) is 0.480. The summed E-state index contributed by atoms with van der Waals surface area (Å²) in [6, 6.07) is 0. The number of ether oxygens (including phenoxy) is 1. The molecule has 20 heteroatoms. The summed E-state index contributed by atoms with van der Waals surface area (Å²) in [4.78, 5) is 46.2. The van der Waals surface area contributed by atoms with Gasteiger partial charge in [0.05, 0.1) is 25.4 Å². The molecule has 3 aliphatic heterocycles. The van der Waals surface area contributed by atoms with Crippen molar-refractivity contribution in [2.45, 2.75) is 31.0 Å². The van der Waals surface area contributed by atoms with E-state index in [0.717, 1.165) is 0 Å². The molecule has 0 aromatic carbocycles. The first-order valence-electron chi connectivity index (χ1n) is 8.76. The van der Waals surface area contributed by atoms with E-state index in [9.17, 15) is 23.7 Å². The lowest BCUT2D eigenvalue weighted by Crippen LogP contribution is -2.28. The van der Waals surface area contributed by atoms with Crippen LogP contribution in [0.4, 0.5) is 5.82 Å². The molecule has 6 N–H and O–H groups in total. The Morgan fingerprint density at radius 3 is 2.66 bits per heavy atom. The first-order valence-corrected chi connectivity index (χ1v) is 13.3. The van der Waals surface area contributed by atoms with Gasteiger partial charge in [0, 0.05) is 18.8 Å². The third-order valence-electron chi connectivity index (χ3n) is 4.50. The third kappa shape index (κ3) is 5.20. The van der Waals surface area contributed by atoms with Gasteiger partial charge in [0.1, 0.15) is 18.0 Å². The summed E-state index contributed by atoms with van der Waals surface area (Å²) < 4.78 is 52.9. The monoisotopic (exact) mass is 517 g/mol. The standard InChI is InChI=1S/C12H18N5O12P3/c18-7-3-9(17-6-14-10-11-13-1-2-16(11)5-15-12(10)17)27-8(7)4-26-31(22,23)29-32(24,25)28-30(19,20)21/h1-2,5-9,11,13,18H,3-4H2,(H,22,23)(H,24,25)(H2,19,20,21)/t7-,8+,9+,11?/m0/s1. The minimum Gasteiger partial charge on any atom is -0.390 e. The number of imidazole rings is 1. The second-order valence-electron chi connectivity index (χ2n) is 6.76. The van der Waals surface area contributed by atoms with Crippen molar-refractivity contribution in [3.05, 3.63) is 24.4 Å². The first kappa shape index (κ1) is 23.7. The van der Waals surface area contributed by atoms with Crippen LogP contribution in [0.5, 0.6) is 0 Å². The Morgan fingerprint density at radius 2 is 1.94 bits per heavy atom. The highest BCUT2D eigenvalue weighted by molar-refractivity contribution is 7.66. The highest BCUT2D eigenvalue weighted by atomic mass is 31.3. The summed E-state index contributed by atoms with van der Waals surface area (Å²) in [5, 5.41) is 13.3. The van der Waals surface area contributed by atoms with Crippen LogP contribution in [0.2, 0.25) is 0 Å². The SMILES string of the molecule is O=P(O)(O)OP(=O)(O)OP(=O)(O)OC[C@H]1O[C@@H](n2cnc3c2N=CN2C=CNC32)C[C@@H]1O. The molecule has 0 radical (unpaired) electrons. The van der Waals surface area contributed by atoms with Crippen LogP contribution in [-0.4, -0.2) is 64.3 Å². The molecule has 0 bridgehead atoms. The smallest absolute Gasteiger partial charge is 0.390 e. The minimum atomic E-state index is -5.63. The molecule has 178 valence electrons. The number of nitrogens with one attached hydrogen (secondary N) is 1. The maximum absolute atomic E-state index is 11.8. The van der Waals surface area contributed by atoms with Crippen molar-refractivity contribution in [1.29, 1.82) is 0 Å². The zero-order chi connectivity index (χ0) is 23.3. The summed E-state index contributed by atoms with van der Waals surface area (Å²) >= 11 is 0. The molecule has 1 fully saturated rings. The lowest BCUT2D eigenvalue weighted by molar-refractivity contribution is -0.0429. The number of hydrogen-bond donors (Lipinski definition) is 6. The Bertz CT molecular complexity index is 1090. The van der Waals surface area contributed by atoms with E-state index in [0.29, 0.717) is 11.5 Å². The van der Waals surface area contributed by atoms with Crippen molar-refractivity contribution in [3.63, 3.8) is 0 Å². The second kappa shape index (κ2) is 8.40.